The van der Waals surface area contributed by atoms with Crippen LogP contribution in [0.2, 0.25) is 0 Å². The zero-order valence-corrected chi connectivity index (χ0v) is 11.1. The maximum absolute atomic E-state index is 11.2. The van der Waals surface area contributed by atoms with Gasteiger partial charge in [-0.15, -0.1) is 0 Å². The quantitative estimate of drug-likeness (QED) is 0.891. The normalized spacial score (nSPS) is 9.60. The molecule has 0 saturated carbocycles. The van der Waals surface area contributed by atoms with E-state index in [0.717, 1.165) is 11.4 Å². The first-order chi connectivity index (χ1) is 9.72. The fourth-order valence-electron chi connectivity index (χ4n) is 1.62. The van der Waals surface area contributed by atoms with Crippen LogP contribution >= 0.6 is 0 Å². The van der Waals surface area contributed by atoms with E-state index in [1.54, 1.807) is 31.3 Å². The van der Waals surface area contributed by atoms with Crippen LogP contribution in [0.5, 0.6) is 0 Å². The highest BCUT2D eigenvalue weighted by atomic mass is 16.1. The average molecular weight is 266 g/mol. The van der Waals surface area contributed by atoms with Gasteiger partial charge in [-0.1, -0.05) is 19.1 Å². The van der Waals surface area contributed by atoms with Crippen LogP contribution in [0.3, 0.4) is 0 Å². The third-order valence-corrected chi connectivity index (χ3v) is 2.68. The molecule has 5 nitrogen and oxygen atoms in total. The van der Waals surface area contributed by atoms with Crippen molar-refractivity contribution in [3.63, 3.8) is 0 Å². The summed E-state index contributed by atoms with van der Waals surface area (Å²) >= 11 is 0. The first kappa shape index (κ1) is 13.6. The van der Waals surface area contributed by atoms with Gasteiger partial charge in [-0.2, -0.15) is 5.26 Å². The lowest BCUT2D eigenvalue weighted by Gasteiger charge is -2.08. The molecule has 5 heteroatoms. The number of carbonyl (C=O) groups excluding carboxylic acids is 1. The Balaban J connectivity index is 2.11. The number of nitrogens with zero attached hydrogens (tertiary/aromatic N) is 2. The van der Waals surface area contributed by atoms with Gasteiger partial charge in [-0.05, 0) is 24.3 Å². The maximum Gasteiger partial charge on any atom is 0.225 e. The van der Waals surface area contributed by atoms with Gasteiger partial charge in [0.05, 0.1) is 23.1 Å². The smallest absolute Gasteiger partial charge is 0.225 e. The number of hydrogen-bond acceptors (Lipinski definition) is 4. The van der Waals surface area contributed by atoms with Crippen LogP contribution in [-0.4, -0.2) is 10.9 Å². The van der Waals surface area contributed by atoms with E-state index in [1.807, 2.05) is 18.2 Å². The van der Waals surface area contributed by atoms with Crippen LogP contribution in [0.25, 0.3) is 0 Å². The monoisotopic (exact) mass is 266 g/mol. The molecule has 0 aliphatic carbocycles. The molecule has 1 aromatic heterocycles. The van der Waals surface area contributed by atoms with Crippen LogP contribution < -0.4 is 10.6 Å². The van der Waals surface area contributed by atoms with Crippen molar-refractivity contribution in [3.8, 4) is 6.07 Å². The van der Waals surface area contributed by atoms with Crippen molar-refractivity contribution in [2.24, 2.45) is 0 Å². The van der Waals surface area contributed by atoms with Crippen LogP contribution in [0.15, 0.2) is 42.6 Å². The van der Waals surface area contributed by atoms with Gasteiger partial charge in [0, 0.05) is 6.42 Å². The zero-order chi connectivity index (χ0) is 14.4. The lowest BCUT2D eigenvalue weighted by atomic mass is 10.2. The highest BCUT2D eigenvalue weighted by molar-refractivity contribution is 5.89. The van der Waals surface area contributed by atoms with Gasteiger partial charge < -0.3 is 10.6 Å². The Labute approximate surface area is 117 Å². The fourth-order valence-corrected chi connectivity index (χ4v) is 1.62. The van der Waals surface area contributed by atoms with Crippen molar-refractivity contribution in [2.45, 2.75) is 13.3 Å². The number of pyridine rings is 1. The third-order valence-electron chi connectivity index (χ3n) is 2.68. The predicted octanol–water partition coefficient (Wildman–Crippen LogP) is 3.05. The van der Waals surface area contributed by atoms with Gasteiger partial charge in [0.15, 0.2) is 0 Å². The molecule has 0 unspecified atom stereocenters. The van der Waals surface area contributed by atoms with Crippen LogP contribution in [0.4, 0.5) is 17.2 Å². The molecular weight excluding hydrogens is 252 g/mol. The number of hydrogen-bond donors (Lipinski definition) is 2. The molecule has 2 N–H and O–H groups in total. The third kappa shape index (κ3) is 3.33. The minimum Gasteiger partial charge on any atom is -0.353 e. The molecule has 2 aromatic rings. The lowest BCUT2D eigenvalue weighted by molar-refractivity contribution is -0.115. The summed E-state index contributed by atoms with van der Waals surface area (Å²) in [4.78, 5) is 15.4. The molecule has 0 atom stereocenters. The van der Waals surface area contributed by atoms with Crippen LogP contribution in [-0.2, 0) is 4.79 Å². The average Bonchev–Trinajstić information content (AvgIpc) is 2.49. The summed E-state index contributed by atoms with van der Waals surface area (Å²) in [6, 6.07) is 12.9. The van der Waals surface area contributed by atoms with E-state index >= 15 is 0 Å². The molecule has 0 aliphatic heterocycles. The molecule has 100 valence electrons. The van der Waals surface area contributed by atoms with Gasteiger partial charge in [0.1, 0.15) is 11.9 Å². The van der Waals surface area contributed by atoms with E-state index in [4.69, 9.17) is 5.26 Å². The number of carbonyl (C=O) groups is 1. The van der Waals surface area contributed by atoms with Gasteiger partial charge in [-0.25, -0.2) is 4.98 Å². The largest absolute Gasteiger partial charge is 0.353 e. The Kier molecular flexibility index (Phi) is 4.30. The second-order valence-corrected chi connectivity index (χ2v) is 4.12. The molecule has 0 radical (unpaired) electrons. The number of rotatable bonds is 4. The zero-order valence-electron chi connectivity index (χ0n) is 11.1. The maximum atomic E-state index is 11.2. The Morgan fingerprint density at radius 1 is 1.30 bits per heavy atom. The molecule has 1 amide bonds. The number of aromatic nitrogens is 1. The SMILES string of the molecule is CCC(=O)Nc1ccc(Nc2ccccc2C#N)cn1. The summed E-state index contributed by atoms with van der Waals surface area (Å²) in [5.41, 5.74) is 2.04. The van der Waals surface area contributed by atoms with Gasteiger partial charge in [0.25, 0.3) is 0 Å². The van der Waals surface area contributed by atoms with Crippen molar-refractivity contribution in [1.82, 2.24) is 4.98 Å². The number of para-hydroxylation sites is 1. The van der Waals surface area contributed by atoms with E-state index in [1.165, 1.54) is 0 Å². The van der Waals surface area contributed by atoms with E-state index in [-0.39, 0.29) is 5.91 Å². The van der Waals surface area contributed by atoms with Crippen LogP contribution in [0, 0.1) is 11.3 Å². The number of nitrogens with one attached hydrogen (secondary N) is 2. The number of benzene rings is 1. The van der Waals surface area contributed by atoms with Crippen molar-refractivity contribution in [1.29, 1.82) is 5.26 Å². The van der Waals surface area contributed by atoms with Crippen molar-refractivity contribution in [2.75, 3.05) is 10.6 Å². The van der Waals surface area contributed by atoms with E-state index < -0.39 is 0 Å². The van der Waals surface area contributed by atoms with Crippen molar-refractivity contribution < 1.29 is 4.79 Å². The Morgan fingerprint density at radius 2 is 2.10 bits per heavy atom. The highest BCUT2D eigenvalue weighted by Gasteiger charge is 2.03. The topological polar surface area (TPSA) is 77.8 Å². The van der Waals surface area contributed by atoms with E-state index in [9.17, 15) is 4.79 Å². The molecular formula is C15H14N4O. The molecule has 2 rings (SSSR count). The van der Waals surface area contributed by atoms with Gasteiger partial charge in [0.2, 0.25) is 5.91 Å². The molecule has 0 fully saturated rings. The molecule has 20 heavy (non-hydrogen) atoms. The Bertz CT molecular complexity index is 644. The standard InChI is InChI=1S/C15H14N4O/c1-2-15(20)19-14-8-7-12(10-17-14)18-13-6-4-3-5-11(13)9-16/h3-8,10,18H,2H2,1H3,(H,17,19,20). The summed E-state index contributed by atoms with van der Waals surface area (Å²) in [6.45, 7) is 1.78. The van der Waals surface area contributed by atoms with E-state index in [0.29, 0.717) is 17.8 Å². The molecule has 0 saturated heterocycles. The molecule has 1 heterocycles. The van der Waals surface area contributed by atoms with Crippen molar-refractivity contribution >= 4 is 23.1 Å². The predicted molar refractivity (Wildman–Crippen MR) is 77.6 cm³/mol. The minimum absolute atomic E-state index is 0.0759. The first-order valence-electron chi connectivity index (χ1n) is 6.25. The number of nitriles is 1. The molecule has 1 aromatic carbocycles. The summed E-state index contributed by atoms with van der Waals surface area (Å²) in [5, 5.41) is 14.8. The fraction of sp³-hybridized carbons (Fsp3) is 0.133. The molecule has 0 aliphatic rings. The molecule has 0 bridgehead atoms. The number of amides is 1. The van der Waals surface area contributed by atoms with Gasteiger partial charge in [-0.3, -0.25) is 4.79 Å². The first-order valence-corrected chi connectivity index (χ1v) is 6.25. The second-order valence-electron chi connectivity index (χ2n) is 4.12. The summed E-state index contributed by atoms with van der Waals surface area (Å²) in [7, 11) is 0. The van der Waals surface area contributed by atoms with Crippen molar-refractivity contribution in [3.05, 3.63) is 48.2 Å². The van der Waals surface area contributed by atoms with Crippen LogP contribution in [0.1, 0.15) is 18.9 Å². The Hall–Kier alpha value is -2.87. The molecule has 0 spiro atoms. The summed E-state index contributed by atoms with van der Waals surface area (Å²) in [6.07, 6.45) is 2.02. The second kappa shape index (κ2) is 6.34. The highest BCUT2D eigenvalue weighted by Crippen LogP contribution is 2.20. The van der Waals surface area contributed by atoms with E-state index in [2.05, 4.69) is 21.7 Å². The van der Waals surface area contributed by atoms with Gasteiger partial charge >= 0.3 is 0 Å². The lowest BCUT2D eigenvalue weighted by Crippen LogP contribution is -2.10. The number of anilines is 3. The summed E-state index contributed by atoms with van der Waals surface area (Å²) < 4.78 is 0. The summed E-state index contributed by atoms with van der Waals surface area (Å²) in [5.74, 6) is 0.434. The Morgan fingerprint density at radius 3 is 2.75 bits per heavy atom. The minimum atomic E-state index is -0.0759.